The van der Waals surface area contributed by atoms with E-state index in [0.717, 1.165) is 12.1 Å². The standard InChI is InChI=1S/C15H21N5O3S/c1-4-10-14(24-8-16-10)15(22)20-5-11(12(21)6-20)19(3)7-13-18-17-9(2)23-13/h8,11-12,21H,4-7H2,1-3H3/t11-,12-/m1/s1. The van der Waals surface area contributed by atoms with Gasteiger partial charge >= 0.3 is 0 Å². The topological polar surface area (TPSA) is 95.6 Å². The first-order chi connectivity index (χ1) is 11.5. The van der Waals surface area contributed by atoms with Gasteiger partial charge < -0.3 is 14.4 Å². The highest BCUT2D eigenvalue weighted by Gasteiger charge is 2.38. The molecule has 0 spiro atoms. The number of rotatable bonds is 5. The lowest BCUT2D eigenvalue weighted by atomic mass is 10.2. The lowest BCUT2D eigenvalue weighted by molar-refractivity contribution is 0.0765. The zero-order valence-corrected chi connectivity index (χ0v) is 14.8. The molecule has 1 saturated heterocycles. The summed E-state index contributed by atoms with van der Waals surface area (Å²) in [5.41, 5.74) is 2.51. The Balaban J connectivity index is 1.66. The van der Waals surface area contributed by atoms with Crippen molar-refractivity contribution < 1.29 is 14.3 Å². The van der Waals surface area contributed by atoms with Gasteiger partial charge in [0.05, 0.1) is 29.9 Å². The second-order valence-corrected chi connectivity index (χ2v) is 6.81. The van der Waals surface area contributed by atoms with Crippen LogP contribution in [0.2, 0.25) is 0 Å². The molecule has 2 aromatic rings. The third-order valence-corrected chi connectivity index (χ3v) is 5.09. The average Bonchev–Trinajstić information content (AvgIpc) is 3.26. The molecule has 130 valence electrons. The molecule has 1 N–H and O–H groups in total. The van der Waals surface area contributed by atoms with Crippen molar-refractivity contribution in [3.8, 4) is 0 Å². The summed E-state index contributed by atoms with van der Waals surface area (Å²) in [7, 11) is 1.88. The summed E-state index contributed by atoms with van der Waals surface area (Å²) in [6.45, 7) is 4.93. The molecule has 9 heteroatoms. The summed E-state index contributed by atoms with van der Waals surface area (Å²) in [6, 6.07) is -0.167. The number of amides is 1. The van der Waals surface area contributed by atoms with E-state index < -0.39 is 6.10 Å². The summed E-state index contributed by atoms with van der Waals surface area (Å²) in [5, 5.41) is 18.1. The van der Waals surface area contributed by atoms with E-state index in [2.05, 4.69) is 15.2 Å². The first kappa shape index (κ1) is 17.0. The van der Waals surface area contributed by atoms with Crippen LogP contribution in [0.1, 0.15) is 34.1 Å². The Morgan fingerprint density at radius 1 is 1.50 bits per heavy atom. The van der Waals surface area contributed by atoms with Gasteiger partial charge in [-0.25, -0.2) is 4.98 Å². The second-order valence-electron chi connectivity index (χ2n) is 5.96. The Labute approximate surface area is 144 Å². The molecule has 0 bridgehead atoms. The van der Waals surface area contributed by atoms with Crippen LogP contribution < -0.4 is 0 Å². The summed E-state index contributed by atoms with van der Waals surface area (Å²) < 4.78 is 5.38. The van der Waals surface area contributed by atoms with Gasteiger partial charge in [-0.05, 0) is 13.5 Å². The maximum Gasteiger partial charge on any atom is 0.266 e. The van der Waals surface area contributed by atoms with Gasteiger partial charge in [-0.3, -0.25) is 9.69 Å². The van der Waals surface area contributed by atoms with Crippen LogP contribution in [0.4, 0.5) is 0 Å². The number of carbonyl (C=O) groups is 1. The maximum absolute atomic E-state index is 12.7. The quantitative estimate of drug-likeness (QED) is 0.848. The molecule has 8 nitrogen and oxygen atoms in total. The summed E-state index contributed by atoms with van der Waals surface area (Å²) in [5.74, 6) is 0.958. The highest BCUT2D eigenvalue weighted by molar-refractivity contribution is 7.11. The number of hydrogen-bond acceptors (Lipinski definition) is 8. The van der Waals surface area contributed by atoms with E-state index in [1.807, 2.05) is 18.9 Å². The Morgan fingerprint density at radius 2 is 2.29 bits per heavy atom. The minimum atomic E-state index is -0.610. The van der Waals surface area contributed by atoms with E-state index in [0.29, 0.717) is 36.3 Å². The van der Waals surface area contributed by atoms with E-state index in [-0.39, 0.29) is 11.9 Å². The fraction of sp³-hybridized carbons (Fsp3) is 0.600. The molecule has 3 heterocycles. The number of thiazole rings is 1. The molecular formula is C15H21N5O3S. The first-order valence-corrected chi connectivity index (χ1v) is 8.76. The normalized spacial score (nSPS) is 21.0. The third kappa shape index (κ3) is 3.33. The predicted octanol–water partition coefficient (Wildman–Crippen LogP) is 0.714. The minimum Gasteiger partial charge on any atom is -0.424 e. The zero-order valence-electron chi connectivity index (χ0n) is 14.0. The molecular weight excluding hydrogens is 330 g/mol. The third-order valence-electron chi connectivity index (χ3n) is 4.24. The first-order valence-electron chi connectivity index (χ1n) is 7.88. The van der Waals surface area contributed by atoms with E-state index >= 15 is 0 Å². The predicted molar refractivity (Wildman–Crippen MR) is 87.7 cm³/mol. The van der Waals surface area contributed by atoms with Gasteiger partial charge in [0, 0.05) is 20.0 Å². The highest BCUT2D eigenvalue weighted by atomic mass is 32.1. The lowest BCUT2D eigenvalue weighted by Crippen LogP contribution is -2.40. The molecule has 2 aromatic heterocycles. The van der Waals surface area contributed by atoms with Crippen molar-refractivity contribution >= 4 is 17.2 Å². The molecule has 0 aliphatic carbocycles. The molecule has 24 heavy (non-hydrogen) atoms. The molecule has 1 aliphatic heterocycles. The molecule has 1 amide bonds. The van der Waals surface area contributed by atoms with Crippen molar-refractivity contribution in [1.29, 1.82) is 0 Å². The summed E-state index contributed by atoms with van der Waals surface area (Å²) in [4.78, 5) is 21.2. The number of likely N-dealkylation sites (N-methyl/N-ethyl adjacent to an activating group) is 1. The number of β-amino-alcohol motifs (C(OH)–C–C–N with tert-alkyl or cyclic N) is 1. The Hall–Kier alpha value is -1.84. The number of aromatic nitrogens is 3. The summed E-state index contributed by atoms with van der Waals surface area (Å²) >= 11 is 1.35. The number of aliphatic hydroxyl groups is 1. The van der Waals surface area contributed by atoms with Crippen molar-refractivity contribution in [2.24, 2.45) is 0 Å². The maximum atomic E-state index is 12.7. The molecule has 0 saturated carbocycles. The number of likely N-dealkylation sites (tertiary alicyclic amines) is 1. The molecule has 1 aliphatic rings. The molecule has 0 radical (unpaired) electrons. The fourth-order valence-corrected chi connectivity index (χ4v) is 3.79. The van der Waals surface area contributed by atoms with Crippen LogP contribution in [0, 0.1) is 6.92 Å². The minimum absolute atomic E-state index is 0.0575. The zero-order chi connectivity index (χ0) is 17.3. The highest BCUT2D eigenvalue weighted by Crippen LogP contribution is 2.22. The SMILES string of the molecule is CCc1ncsc1C(=O)N1C[C@@H](O)[C@H](N(C)Cc2nnc(C)o2)C1. The van der Waals surface area contributed by atoms with Crippen LogP contribution >= 0.6 is 11.3 Å². The van der Waals surface area contributed by atoms with Crippen LogP contribution in [0.3, 0.4) is 0 Å². The smallest absolute Gasteiger partial charge is 0.266 e. The number of hydrogen-bond donors (Lipinski definition) is 1. The van der Waals surface area contributed by atoms with Crippen LogP contribution in [0.5, 0.6) is 0 Å². The molecule has 1 fully saturated rings. The van der Waals surface area contributed by atoms with Gasteiger partial charge in [0.1, 0.15) is 4.88 Å². The molecule has 3 rings (SSSR count). The Bertz CT molecular complexity index is 716. The fourth-order valence-electron chi connectivity index (χ4n) is 2.94. The van der Waals surface area contributed by atoms with Crippen LogP contribution in [0.25, 0.3) is 0 Å². The van der Waals surface area contributed by atoms with Gasteiger partial charge in [-0.2, -0.15) is 0 Å². The number of nitrogens with zero attached hydrogens (tertiary/aromatic N) is 5. The van der Waals surface area contributed by atoms with E-state index in [4.69, 9.17) is 4.42 Å². The van der Waals surface area contributed by atoms with E-state index in [1.165, 1.54) is 11.3 Å². The molecule has 0 unspecified atom stereocenters. The van der Waals surface area contributed by atoms with Crippen LogP contribution in [-0.4, -0.2) is 68.3 Å². The second kappa shape index (κ2) is 6.96. The Morgan fingerprint density at radius 3 is 2.96 bits per heavy atom. The largest absolute Gasteiger partial charge is 0.424 e. The van der Waals surface area contributed by atoms with Crippen molar-refractivity contribution in [2.75, 3.05) is 20.1 Å². The van der Waals surface area contributed by atoms with Gasteiger partial charge in [-0.15, -0.1) is 21.5 Å². The number of aryl methyl sites for hydroxylation is 2. The molecule has 0 aromatic carbocycles. The van der Waals surface area contributed by atoms with Gasteiger partial charge in [0.25, 0.3) is 5.91 Å². The van der Waals surface area contributed by atoms with Gasteiger partial charge in [0.15, 0.2) is 0 Å². The lowest BCUT2D eigenvalue weighted by Gasteiger charge is -2.24. The number of carbonyl (C=O) groups excluding carboxylic acids is 1. The number of aliphatic hydroxyl groups excluding tert-OH is 1. The van der Waals surface area contributed by atoms with E-state index in [1.54, 1.807) is 17.3 Å². The van der Waals surface area contributed by atoms with Crippen molar-refractivity contribution in [3.63, 3.8) is 0 Å². The Kier molecular flexibility index (Phi) is 4.93. The summed E-state index contributed by atoms with van der Waals surface area (Å²) in [6.07, 6.45) is 0.113. The average molecular weight is 351 g/mol. The van der Waals surface area contributed by atoms with Crippen LogP contribution in [0.15, 0.2) is 9.93 Å². The van der Waals surface area contributed by atoms with Crippen molar-refractivity contribution in [2.45, 2.75) is 39.0 Å². The molecule has 2 atom stereocenters. The van der Waals surface area contributed by atoms with Crippen molar-refractivity contribution in [3.05, 3.63) is 27.9 Å². The van der Waals surface area contributed by atoms with Gasteiger partial charge in [0.2, 0.25) is 11.8 Å². The monoisotopic (exact) mass is 351 g/mol. The van der Waals surface area contributed by atoms with Crippen molar-refractivity contribution in [1.82, 2.24) is 25.0 Å². The van der Waals surface area contributed by atoms with E-state index in [9.17, 15) is 9.90 Å². The van der Waals surface area contributed by atoms with Gasteiger partial charge in [-0.1, -0.05) is 6.92 Å². The van der Waals surface area contributed by atoms with Crippen LogP contribution in [-0.2, 0) is 13.0 Å².